The van der Waals surface area contributed by atoms with Gasteiger partial charge in [0.1, 0.15) is 0 Å². The van der Waals surface area contributed by atoms with Crippen LogP contribution in [0.1, 0.15) is 18.4 Å². The van der Waals surface area contributed by atoms with Crippen molar-refractivity contribution < 1.29 is 22.8 Å². The fraction of sp³-hybridized carbons (Fsp3) is 0.579. The molecule has 2 aliphatic rings. The average molecular weight is 415 g/mol. The van der Waals surface area contributed by atoms with Crippen LogP contribution in [0.4, 0.5) is 18.9 Å². The van der Waals surface area contributed by atoms with E-state index < -0.39 is 11.7 Å². The van der Waals surface area contributed by atoms with E-state index in [1.807, 2.05) is 21.6 Å². The number of hydrogen-bond acceptors (Lipinski definition) is 4. The quantitative estimate of drug-likeness (QED) is 0.822. The Bertz CT molecular complexity index is 700. The van der Waals surface area contributed by atoms with Crippen LogP contribution in [0, 0.1) is 5.92 Å². The number of likely N-dealkylation sites (tertiary alicyclic amines) is 1. The van der Waals surface area contributed by atoms with E-state index in [1.165, 1.54) is 12.1 Å². The van der Waals surface area contributed by atoms with Crippen molar-refractivity contribution in [3.05, 3.63) is 29.8 Å². The van der Waals surface area contributed by atoms with Gasteiger partial charge in [0.05, 0.1) is 12.1 Å². The van der Waals surface area contributed by atoms with Crippen molar-refractivity contribution in [1.82, 2.24) is 9.80 Å². The van der Waals surface area contributed by atoms with E-state index in [0.29, 0.717) is 25.9 Å². The minimum Gasteiger partial charge on any atom is -0.341 e. The van der Waals surface area contributed by atoms with Crippen molar-refractivity contribution in [2.45, 2.75) is 19.0 Å². The predicted molar refractivity (Wildman–Crippen MR) is 103 cm³/mol. The van der Waals surface area contributed by atoms with Gasteiger partial charge >= 0.3 is 6.18 Å². The second-order valence-corrected chi connectivity index (χ2v) is 8.34. The summed E-state index contributed by atoms with van der Waals surface area (Å²) in [5, 5.41) is 2.53. The zero-order chi connectivity index (χ0) is 20.1. The molecule has 5 nitrogen and oxygen atoms in total. The van der Waals surface area contributed by atoms with Gasteiger partial charge in [-0.15, -0.1) is 0 Å². The summed E-state index contributed by atoms with van der Waals surface area (Å²) in [5.74, 6) is 1.84. The van der Waals surface area contributed by atoms with Gasteiger partial charge in [0, 0.05) is 36.2 Å². The lowest BCUT2D eigenvalue weighted by atomic mass is 9.95. The number of carbonyl (C=O) groups is 2. The monoisotopic (exact) mass is 415 g/mol. The Morgan fingerprint density at radius 1 is 1.11 bits per heavy atom. The standard InChI is InChI=1S/C19H24F3N3O2S/c20-19(21,22)15-2-1-3-16(12-15)23-17(26)13-24-6-4-14(5-7-24)18(27)25-8-10-28-11-9-25/h1-3,12,14H,4-11,13H2,(H,23,26). The van der Waals surface area contributed by atoms with Gasteiger partial charge in [-0.25, -0.2) is 0 Å². The molecule has 1 aromatic rings. The molecule has 2 saturated heterocycles. The molecule has 2 aliphatic heterocycles. The van der Waals surface area contributed by atoms with Gasteiger partial charge in [-0.2, -0.15) is 24.9 Å². The fourth-order valence-corrected chi connectivity index (χ4v) is 4.46. The number of amides is 2. The maximum Gasteiger partial charge on any atom is 0.416 e. The number of alkyl halides is 3. The van der Waals surface area contributed by atoms with Gasteiger partial charge in [-0.1, -0.05) is 6.07 Å². The molecule has 154 valence electrons. The molecule has 2 heterocycles. The number of thioether (sulfide) groups is 1. The summed E-state index contributed by atoms with van der Waals surface area (Å²) in [5.41, 5.74) is -0.659. The SMILES string of the molecule is O=C(CN1CCC(C(=O)N2CCSCC2)CC1)Nc1cccc(C(F)(F)F)c1. The Kier molecular flexibility index (Phi) is 6.87. The number of anilines is 1. The molecule has 0 radical (unpaired) electrons. The molecule has 1 N–H and O–H groups in total. The van der Waals surface area contributed by atoms with Crippen LogP contribution in [0.25, 0.3) is 0 Å². The van der Waals surface area contributed by atoms with Gasteiger partial charge < -0.3 is 10.2 Å². The van der Waals surface area contributed by atoms with Crippen LogP contribution >= 0.6 is 11.8 Å². The Balaban J connectivity index is 1.45. The van der Waals surface area contributed by atoms with Crippen LogP contribution in [0.5, 0.6) is 0 Å². The summed E-state index contributed by atoms with van der Waals surface area (Å²) >= 11 is 1.86. The van der Waals surface area contributed by atoms with Crippen molar-refractivity contribution in [2.24, 2.45) is 5.92 Å². The first-order valence-corrected chi connectivity index (χ1v) is 10.5. The topological polar surface area (TPSA) is 52.7 Å². The normalized spacial score (nSPS) is 19.5. The average Bonchev–Trinajstić information content (AvgIpc) is 2.68. The Hall–Kier alpha value is -1.74. The highest BCUT2D eigenvalue weighted by molar-refractivity contribution is 7.99. The fourth-order valence-electron chi connectivity index (χ4n) is 3.56. The molecule has 1 aromatic carbocycles. The molecule has 0 spiro atoms. The van der Waals surface area contributed by atoms with Gasteiger partial charge in [-0.3, -0.25) is 14.5 Å². The van der Waals surface area contributed by atoms with Crippen LogP contribution in [-0.4, -0.2) is 65.8 Å². The number of halogens is 3. The molecule has 0 saturated carbocycles. The number of nitrogens with one attached hydrogen (secondary N) is 1. The molecule has 3 rings (SSSR count). The Labute approximate surface area is 166 Å². The molecule has 0 atom stereocenters. The van der Waals surface area contributed by atoms with E-state index in [1.54, 1.807) is 0 Å². The number of carbonyl (C=O) groups excluding carboxylic acids is 2. The summed E-state index contributed by atoms with van der Waals surface area (Å²) in [6.07, 6.45) is -3.03. The maximum absolute atomic E-state index is 12.8. The number of benzene rings is 1. The Morgan fingerprint density at radius 2 is 1.79 bits per heavy atom. The van der Waals surface area contributed by atoms with E-state index >= 15 is 0 Å². The predicted octanol–water partition coefficient (Wildman–Crippen LogP) is 2.93. The highest BCUT2D eigenvalue weighted by Crippen LogP contribution is 2.30. The minimum absolute atomic E-state index is 0.00544. The van der Waals surface area contributed by atoms with Crippen LogP contribution < -0.4 is 5.32 Å². The molecular weight excluding hydrogens is 391 g/mol. The van der Waals surface area contributed by atoms with E-state index in [4.69, 9.17) is 0 Å². The van der Waals surface area contributed by atoms with Crippen LogP contribution in [0.3, 0.4) is 0 Å². The first-order valence-electron chi connectivity index (χ1n) is 9.39. The smallest absolute Gasteiger partial charge is 0.341 e. The zero-order valence-electron chi connectivity index (χ0n) is 15.5. The molecule has 28 heavy (non-hydrogen) atoms. The third-order valence-corrected chi connectivity index (χ3v) is 6.04. The second kappa shape index (κ2) is 9.17. The summed E-state index contributed by atoms with van der Waals surface area (Å²) < 4.78 is 38.3. The first-order chi connectivity index (χ1) is 13.3. The molecule has 2 amide bonds. The van der Waals surface area contributed by atoms with Crippen molar-refractivity contribution in [3.63, 3.8) is 0 Å². The molecule has 0 unspecified atom stereocenters. The number of piperidine rings is 1. The van der Waals surface area contributed by atoms with E-state index in [9.17, 15) is 22.8 Å². The third kappa shape index (κ3) is 5.64. The van der Waals surface area contributed by atoms with Crippen LogP contribution in [0.15, 0.2) is 24.3 Å². The molecular formula is C19H24F3N3O2S. The van der Waals surface area contributed by atoms with Gasteiger partial charge in [-0.05, 0) is 44.1 Å². The van der Waals surface area contributed by atoms with Crippen LogP contribution in [0.2, 0.25) is 0 Å². The van der Waals surface area contributed by atoms with Crippen LogP contribution in [-0.2, 0) is 15.8 Å². The summed E-state index contributed by atoms with van der Waals surface area (Å²) in [6, 6.07) is 4.61. The lowest BCUT2D eigenvalue weighted by molar-refractivity contribution is -0.138. The van der Waals surface area contributed by atoms with Crippen molar-refractivity contribution in [1.29, 1.82) is 0 Å². The molecule has 0 bridgehead atoms. The van der Waals surface area contributed by atoms with E-state index in [0.717, 1.165) is 36.7 Å². The second-order valence-electron chi connectivity index (χ2n) is 7.11. The molecule has 0 aromatic heterocycles. The summed E-state index contributed by atoms with van der Waals surface area (Å²) in [7, 11) is 0. The van der Waals surface area contributed by atoms with E-state index in [-0.39, 0.29) is 30.0 Å². The first kappa shape index (κ1) is 21.0. The summed E-state index contributed by atoms with van der Waals surface area (Å²) in [4.78, 5) is 28.6. The minimum atomic E-state index is -4.44. The van der Waals surface area contributed by atoms with Gasteiger partial charge in [0.25, 0.3) is 0 Å². The highest BCUT2D eigenvalue weighted by Gasteiger charge is 2.31. The van der Waals surface area contributed by atoms with Crippen molar-refractivity contribution in [2.75, 3.05) is 49.5 Å². The number of hydrogen-bond donors (Lipinski definition) is 1. The lowest BCUT2D eigenvalue weighted by Gasteiger charge is -2.35. The Morgan fingerprint density at radius 3 is 2.43 bits per heavy atom. The van der Waals surface area contributed by atoms with Gasteiger partial charge in [0.2, 0.25) is 11.8 Å². The molecule has 9 heteroatoms. The van der Waals surface area contributed by atoms with Gasteiger partial charge in [0.15, 0.2) is 0 Å². The third-order valence-electron chi connectivity index (χ3n) is 5.10. The zero-order valence-corrected chi connectivity index (χ0v) is 16.3. The molecule has 2 fully saturated rings. The highest BCUT2D eigenvalue weighted by atomic mass is 32.2. The van der Waals surface area contributed by atoms with Crippen molar-refractivity contribution in [3.8, 4) is 0 Å². The molecule has 0 aliphatic carbocycles. The van der Waals surface area contributed by atoms with Crippen molar-refractivity contribution >= 4 is 29.3 Å². The lowest BCUT2D eigenvalue weighted by Crippen LogP contribution is -2.46. The maximum atomic E-state index is 12.8. The summed E-state index contributed by atoms with van der Waals surface area (Å²) in [6.45, 7) is 2.99. The number of rotatable bonds is 4. The van der Waals surface area contributed by atoms with E-state index in [2.05, 4.69) is 5.32 Å². The number of nitrogens with zero attached hydrogens (tertiary/aromatic N) is 2. The largest absolute Gasteiger partial charge is 0.416 e.